The van der Waals surface area contributed by atoms with Crippen molar-refractivity contribution >= 4 is 36.8 Å². The second-order valence-electron chi connectivity index (χ2n) is 5.00. The van der Waals surface area contributed by atoms with Gasteiger partial charge in [-0.25, -0.2) is 14.1 Å². The maximum absolute atomic E-state index is 12.2. The third kappa shape index (κ3) is 4.62. The van der Waals surface area contributed by atoms with Gasteiger partial charge in [-0.15, -0.1) is 0 Å². The van der Waals surface area contributed by atoms with Crippen molar-refractivity contribution in [1.29, 1.82) is 0 Å². The van der Waals surface area contributed by atoms with Crippen molar-refractivity contribution in [3.05, 3.63) is 58.9 Å². The molecule has 0 aliphatic rings. The van der Waals surface area contributed by atoms with Gasteiger partial charge in [0.05, 0.1) is 12.8 Å². The van der Waals surface area contributed by atoms with Gasteiger partial charge in [0.15, 0.2) is 11.5 Å². The largest absolute Gasteiger partial charge is 0.469 e. The second-order valence-corrected chi connectivity index (χ2v) is 6.63. The predicted molar refractivity (Wildman–Crippen MR) is 89.2 cm³/mol. The number of hydrogen-bond donors (Lipinski definition) is 3. The standard InChI is InChI=1S/C14H12ClN4O5P/c15-11-5-6-13-16-12(7-19(13)18-11)17-14(20)10-3-1-9(2-4-10)8-24-25(21,22)23/h1-7H,8H2,(H,17,20)(H2,21,22,23). The summed E-state index contributed by atoms with van der Waals surface area (Å²) < 4.78 is 16.5. The van der Waals surface area contributed by atoms with Gasteiger partial charge < -0.3 is 15.1 Å². The predicted octanol–water partition coefficient (Wildman–Crippen LogP) is 2.24. The molecule has 9 nitrogen and oxygen atoms in total. The normalized spacial score (nSPS) is 11.6. The first-order chi connectivity index (χ1) is 11.8. The van der Waals surface area contributed by atoms with E-state index in [2.05, 4.69) is 19.9 Å². The summed E-state index contributed by atoms with van der Waals surface area (Å²) in [6.45, 7) is -0.259. The average Bonchev–Trinajstić information content (AvgIpc) is 2.94. The van der Waals surface area contributed by atoms with E-state index in [1.807, 2.05) is 0 Å². The number of rotatable bonds is 5. The number of halogens is 1. The number of fused-ring (bicyclic) bond motifs is 1. The van der Waals surface area contributed by atoms with E-state index in [4.69, 9.17) is 21.4 Å². The quantitative estimate of drug-likeness (QED) is 0.577. The smallest absolute Gasteiger partial charge is 0.305 e. The Morgan fingerprint density at radius 1 is 1.24 bits per heavy atom. The van der Waals surface area contributed by atoms with Gasteiger partial charge in [0, 0.05) is 5.56 Å². The topological polar surface area (TPSA) is 126 Å². The maximum atomic E-state index is 12.2. The maximum Gasteiger partial charge on any atom is 0.469 e. The molecule has 25 heavy (non-hydrogen) atoms. The zero-order valence-corrected chi connectivity index (χ0v) is 14.2. The van der Waals surface area contributed by atoms with E-state index in [0.717, 1.165) is 0 Å². The third-order valence-corrected chi connectivity index (χ3v) is 3.81. The van der Waals surface area contributed by atoms with Gasteiger partial charge in [-0.05, 0) is 29.8 Å². The number of amides is 1. The highest BCUT2D eigenvalue weighted by Crippen LogP contribution is 2.36. The van der Waals surface area contributed by atoms with Gasteiger partial charge in [-0.3, -0.25) is 9.32 Å². The van der Waals surface area contributed by atoms with Crippen LogP contribution in [0.5, 0.6) is 0 Å². The molecule has 1 amide bonds. The van der Waals surface area contributed by atoms with Gasteiger partial charge >= 0.3 is 7.82 Å². The van der Waals surface area contributed by atoms with Crippen LogP contribution in [0.4, 0.5) is 5.82 Å². The Kier molecular flexibility index (Phi) is 4.85. The lowest BCUT2D eigenvalue weighted by molar-refractivity contribution is 0.102. The molecular weight excluding hydrogens is 371 g/mol. The minimum atomic E-state index is -4.53. The summed E-state index contributed by atoms with van der Waals surface area (Å²) >= 11 is 5.79. The van der Waals surface area contributed by atoms with Crippen molar-refractivity contribution in [2.45, 2.75) is 6.61 Å². The van der Waals surface area contributed by atoms with Crippen LogP contribution in [-0.2, 0) is 15.7 Å². The molecule has 130 valence electrons. The molecule has 0 atom stereocenters. The minimum Gasteiger partial charge on any atom is -0.305 e. The molecule has 2 aromatic heterocycles. The minimum absolute atomic E-state index is 0.259. The fourth-order valence-electron chi connectivity index (χ4n) is 2.02. The molecule has 2 heterocycles. The summed E-state index contributed by atoms with van der Waals surface area (Å²) in [5, 5.41) is 6.95. The number of aromatic nitrogens is 3. The fraction of sp³-hybridized carbons (Fsp3) is 0.0714. The van der Waals surface area contributed by atoms with Crippen molar-refractivity contribution in [1.82, 2.24) is 14.6 Å². The molecule has 3 aromatic rings. The van der Waals surface area contributed by atoms with Crippen LogP contribution in [0.25, 0.3) is 5.65 Å². The van der Waals surface area contributed by atoms with Crippen molar-refractivity contribution < 1.29 is 23.7 Å². The van der Waals surface area contributed by atoms with E-state index in [1.165, 1.54) is 35.0 Å². The van der Waals surface area contributed by atoms with E-state index >= 15 is 0 Å². The van der Waals surface area contributed by atoms with E-state index < -0.39 is 13.7 Å². The molecule has 1 aromatic carbocycles. The number of carbonyl (C=O) groups is 1. The summed E-state index contributed by atoms with van der Waals surface area (Å²) in [6.07, 6.45) is 1.53. The number of imidazole rings is 1. The molecule has 0 aliphatic heterocycles. The highest BCUT2D eigenvalue weighted by molar-refractivity contribution is 7.46. The first-order valence-electron chi connectivity index (χ1n) is 6.92. The van der Waals surface area contributed by atoms with Crippen LogP contribution in [0.2, 0.25) is 5.15 Å². The molecule has 3 N–H and O–H groups in total. The summed E-state index contributed by atoms with van der Waals surface area (Å²) in [5.74, 6) is -0.0781. The summed E-state index contributed by atoms with van der Waals surface area (Å²) in [4.78, 5) is 33.8. The number of nitrogens with one attached hydrogen (secondary N) is 1. The van der Waals surface area contributed by atoms with Crippen LogP contribution in [0.3, 0.4) is 0 Å². The molecule has 0 fully saturated rings. The molecular formula is C14H12ClN4O5P. The molecule has 0 spiro atoms. The van der Waals surface area contributed by atoms with E-state index in [1.54, 1.807) is 12.1 Å². The average molecular weight is 383 g/mol. The van der Waals surface area contributed by atoms with E-state index in [0.29, 0.717) is 27.7 Å². The van der Waals surface area contributed by atoms with Crippen LogP contribution in [0, 0.1) is 0 Å². The number of nitrogens with zero attached hydrogens (tertiary/aromatic N) is 3. The van der Waals surface area contributed by atoms with Gasteiger partial charge in [0.2, 0.25) is 0 Å². The Balaban J connectivity index is 1.68. The van der Waals surface area contributed by atoms with Gasteiger partial charge in [0.25, 0.3) is 5.91 Å². The fourth-order valence-corrected chi connectivity index (χ4v) is 2.48. The summed E-state index contributed by atoms with van der Waals surface area (Å²) in [5.41, 5.74) is 1.40. The monoisotopic (exact) mass is 382 g/mol. The Morgan fingerprint density at radius 3 is 2.64 bits per heavy atom. The molecule has 0 bridgehead atoms. The Bertz CT molecular complexity index is 969. The van der Waals surface area contributed by atoms with Gasteiger partial charge in [0.1, 0.15) is 5.15 Å². The lowest BCUT2D eigenvalue weighted by Crippen LogP contribution is -2.12. The lowest BCUT2D eigenvalue weighted by atomic mass is 10.1. The molecule has 11 heteroatoms. The first-order valence-corrected chi connectivity index (χ1v) is 8.83. The highest BCUT2D eigenvalue weighted by atomic mass is 35.5. The van der Waals surface area contributed by atoms with Crippen LogP contribution in [0.1, 0.15) is 15.9 Å². The molecule has 3 rings (SSSR count). The van der Waals surface area contributed by atoms with Crippen LogP contribution in [-0.4, -0.2) is 30.3 Å². The van der Waals surface area contributed by atoms with E-state index in [9.17, 15) is 9.36 Å². The first kappa shape index (κ1) is 17.5. The molecule has 0 saturated heterocycles. The Labute approximate surface area is 146 Å². The van der Waals surface area contributed by atoms with Crippen LogP contribution in [0.15, 0.2) is 42.6 Å². The zero-order valence-electron chi connectivity index (χ0n) is 12.5. The third-order valence-electron chi connectivity index (χ3n) is 3.14. The van der Waals surface area contributed by atoms with Crippen molar-refractivity contribution in [3.8, 4) is 0 Å². The molecule has 0 aliphatic carbocycles. The zero-order chi connectivity index (χ0) is 18.0. The summed E-state index contributed by atoms with van der Waals surface area (Å²) in [7, 11) is -4.53. The number of benzene rings is 1. The highest BCUT2D eigenvalue weighted by Gasteiger charge is 2.14. The van der Waals surface area contributed by atoms with Crippen LogP contribution >= 0.6 is 19.4 Å². The second kappa shape index (κ2) is 6.91. The van der Waals surface area contributed by atoms with Crippen molar-refractivity contribution in [3.63, 3.8) is 0 Å². The number of carbonyl (C=O) groups excluding carboxylic acids is 1. The van der Waals surface area contributed by atoms with Crippen LogP contribution < -0.4 is 5.32 Å². The lowest BCUT2D eigenvalue weighted by Gasteiger charge is -2.06. The Hall–Kier alpha value is -2.29. The van der Waals surface area contributed by atoms with Gasteiger partial charge in [-0.1, -0.05) is 23.7 Å². The Morgan fingerprint density at radius 2 is 1.96 bits per heavy atom. The summed E-state index contributed by atoms with van der Waals surface area (Å²) in [6, 6.07) is 9.36. The SMILES string of the molecule is O=C(Nc1cn2nc(Cl)ccc2n1)c1ccc(COP(=O)(O)O)cc1. The van der Waals surface area contributed by atoms with E-state index in [-0.39, 0.29) is 6.61 Å². The number of hydrogen-bond acceptors (Lipinski definition) is 5. The van der Waals surface area contributed by atoms with Crippen molar-refractivity contribution in [2.24, 2.45) is 0 Å². The van der Waals surface area contributed by atoms with Crippen molar-refractivity contribution in [2.75, 3.05) is 5.32 Å². The number of anilines is 1. The molecule has 0 unspecified atom stereocenters. The molecule has 0 radical (unpaired) electrons. The molecule has 0 saturated carbocycles. The van der Waals surface area contributed by atoms with Gasteiger partial charge in [-0.2, -0.15) is 5.10 Å². The number of phosphoric acid groups is 1. The number of phosphoric ester groups is 1.